The molecule has 0 atom stereocenters. The summed E-state index contributed by atoms with van der Waals surface area (Å²) in [5.74, 6) is 1.42. The molecular weight excluding hydrogens is 316 g/mol. The van der Waals surface area contributed by atoms with E-state index in [0.29, 0.717) is 24.4 Å². The lowest BCUT2D eigenvalue weighted by Crippen LogP contribution is -2.27. The van der Waals surface area contributed by atoms with E-state index in [4.69, 9.17) is 9.26 Å². The van der Waals surface area contributed by atoms with E-state index in [9.17, 15) is 4.79 Å². The van der Waals surface area contributed by atoms with Gasteiger partial charge in [-0.05, 0) is 18.1 Å². The van der Waals surface area contributed by atoms with Gasteiger partial charge in [0.2, 0.25) is 5.91 Å². The quantitative estimate of drug-likeness (QED) is 0.719. The number of benzene rings is 2. The summed E-state index contributed by atoms with van der Waals surface area (Å²) in [6.45, 7) is 0.544. The van der Waals surface area contributed by atoms with Gasteiger partial charge in [-0.25, -0.2) is 0 Å². The fraction of sp³-hybridized carbons (Fsp3) is 0.200. The molecule has 0 aliphatic heterocycles. The highest BCUT2D eigenvalue weighted by Gasteiger charge is 2.10. The van der Waals surface area contributed by atoms with Crippen LogP contribution in [0.1, 0.15) is 11.3 Å². The summed E-state index contributed by atoms with van der Waals surface area (Å²) < 4.78 is 10.6. The van der Waals surface area contributed by atoms with Crippen molar-refractivity contribution in [1.82, 2.24) is 10.5 Å². The number of nitrogens with zero attached hydrogens (tertiary/aromatic N) is 1. The third kappa shape index (κ3) is 4.47. The number of hydrogen-bond donors (Lipinski definition) is 1. The lowest BCUT2D eigenvalue weighted by Gasteiger charge is -2.08. The van der Waals surface area contributed by atoms with E-state index in [1.807, 2.05) is 54.6 Å². The number of ether oxygens (including phenoxy) is 1. The Balaban J connectivity index is 1.51. The van der Waals surface area contributed by atoms with Gasteiger partial charge in [-0.15, -0.1) is 0 Å². The zero-order valence-electron chi connectivity index (χ0n) is 14.1. The second-order valence-electron chi connectivity index (χ2n) is 5.64. The Labute approximate surface area is 146 Å². The van der Waals surface area contributed by atoms with Gasteiger partial charge in [0.15, 0.2) is 5.76 Å². The van der Waals surface area contributed by atoms with Gasteiger partial charge in [-0.2, -0.15) is 0 Å². The Morgan fingerprint density at radius 1 is 1.12 bits per heavy atom. The van der Waals surface area contributed by atoms with Crippen LogP contribution >= 0.6 is 0 Å². The second kappa shape index (κ2) is 8.15. The van der Waals surface area contributed by atoms with Crippen LogP contribution in [0.15, 0.2) is 65.2 Å². The molecular formula is C20H20N2O3. The normalized spacial score (nSPS) is 10.4. The maximum absolute atomic E-state index is 12.1. The van der Waals surface area contributed by atoms with Gasteiger partial charge in [-0.1, -0.05) is 53.7 Å². The van der Waals surface area contributed by atoms with Crippen molar-refractivity contribution in [1.29, 1.82) is 0 Å². The van der Waals surface area contributed by atoms with E-state index in [0.717, 1.165) is 16.9 Å². The van der Waals surface area contributed by atoms with Crippen molar-refractivity contribution in [3.05, 3.63) is 71.9 Å². The number of carbonyl (C=O) groups is 1. The van der Waals surface area contributed by atoms with Crippen molar-refractivity contribution >= 4 is 5.91 Å². The lowest BCUT2D eigenvalue weighted by atomic mass is 10.1. The summed E-state index contributed by atoms with van der Waals surface area (Å²) in [5.41, 5.74) is 2.63. The maximum atomic E-state index is 12.1. The fourth-order valence-electron chi connectivity index (χ4n) is 2.61. The molecule has 0 spiro atoms. The predicted octanol–water partition coefficient (Wildman–Crippen LogP) is 3.25. The predicted molar refractivity (Wildman–Crippen MR) is 95.4 cm³/mol. The molecule has 5 nitrogen and oxygen atoms in total. The van der Waals surface area contributed by atoms with Crippen molar-refractivity contribution in [2.24, 2.45) is 0 Å². The largest absolute Gasteiger partial charge is 0.496 e. The van der Waals surface area contributed by atoms with Crippen molar-refractivity contribution in [2.45, 2.75) is 12.8 Å². The van der Waals surface area contributed by atoms with E-state index in [1.54, 1.807) is 13.2 Å². The molecule has 3 rings (SSSR count). The molecule has 25 heavy (non-hydrogen) atoms. The molecule has 0 aliphatic carbocycles. The number of methoxy groups -OCH3 is 1. The number of hydrogen-bond acceptors (Lipinski definition) is 4. The Kier molecular flexibility index (Phi) is 5.46. The van der Waals surface area contributed by atoms with Gasteiger partial charge >= 0.3 is 0 Å². The number of nitrogens with one attached hydrogen (secondary N) is 1. The van der Waals surface area contributed by atoms with Crippen LogP contribution in [0, 0.1) is 0 Å². The Bertz CT molecular complexity index is 828. The van der Waals surface area contributed by atoms with Crippen LogP contribution in [0.25, 0.3) is 11.3 Å². The maximum Gasteiger partial charge on any atom is 0.226 e. The first kappa shape index (κ1) is 16.8. The Morgan fingerprint density at radius 2 is 1.88 bits per heavy atom. The fourth-order valence-corrected chi connectivity index (χ4v) is 2.61. The number of amides is 1. The monoisotopic (exact) mass is 336 g/mol. The van der Waals surface area contributed by atoms with E-state index < -0.39 is 0 Å². The zero-order chi connectivity index (χ0) is 17.5. The van der Waals surface area contributed by atoms with Gasteiger partial charge < -0.3 is 14.6 Å². The Hall–Kier alpha value is -3.08. The standard InChI is InChI=1S/C20H20N2O3/c1-24-18-10-6-5-9-16(18)11-12-21-20(23)14-17-13-19(25-22-17)15-7-3-2-4-8-15/h2-10,13H,11-12,14H2,1H3,(H,21,23). The third-order valence-corrected chi connectivity index (χ3v) is 3.87. The third-order valence-electron chi connectivity index (χ3n) is 3.87. The zero-order valence-corrected chi connectivity index (χ0v) is 14.1. The van der Waals surface area contributed by atoms with Crippen LogP contribution < -0.4 is 10.1 Å². The molecule has 1 N–H and O–H groups in total. The molecule has 0 radical (unpaired) electrons. The summed E-state index contributed by atoms with van der Waals surface area (Å²) in [7, 11) is 1.65. The van der Waals surface area contributed by atoms with Gasteiger partial charge in [0.05, 0.1) is 19.2 Å². The molecule has 3 aromatic rings. The molecule has 0 fully saturated rings. The average Bonchev–Trinajstić information content (AvgIpc) is 3.11. The summed E-state index contributed by atoms with van der Waals surface area (Å²) in [4.78, 5) is 12.1. The minimum absolute atomic E-state index is 0.0807. The molecule has 0 saturated carbocycles. The van der Waals surface area contributed by atoms with Crippen LogP contribution in [-0.2, 0) is 17.6 Å². The summed E-state index contributed by atoms with van der Waals surface area (Å²) in [6.07, 6.45) is 0.909. The van der Waals surface area contributed by atoms with Crippen LogP contribution in [0.5, 0.6) is 5.75 Å². The molecule has 5 heteroatoms. The van der Waals surface area contributed by atoms with Crippen LogP contribution in [-0.4, -0.2) is 24.7 Å². The molecule has 128 valence electrons. The van der Waals surface area contributed by atoms with Gasteiger partial charge in [0.1, 0.15) is 5.75 Å². The first-order valence-corrected chi connectivity index (χ1v) is 8.16. The van der Waals surface area contributed by atoms with Crippen LogP contribution in [0.3, 0.4) is 0 Å². The number of carbonyl (C=O) groups excluding carboxylic acids is 1. The minimum atomic E-state index is -0.0807. The van der Waals surface area contributed by atoms with Crippen molar-refractivity contribution in [2.75, 3.05) is 13.7 Å². The smallest absolute Gasteiger partial charge is 0.226 e. The highest BCUT2D eigenvalue weighted by Crippen LogP contribution is 2.20. The molecule has 0 bridgehead atoms. The minimum Gasteiger partial charge on any atom is -0.496 e. The van der Waals surface area contributed by atoms with E-state index in [2.05, 4.69) is 10.5 Å². The first-order valence-electron chi connectivity index (χ1n) is 8.16. The lowest BCUT2D eigenvalue weighted by molar-refractivity contribution is -0.120. The SMILES string of the molecule is COc1ccccc1CCNC(=O)Cc1cc(-c2ccccc2)on1. The van der Waals surface area contributed by atoms with Crippen molar-refractivity contribution in [3.8, 4) is 17.1 Å². The molecule has 1 heterocycles. The van der Waals surface area contributed by atoms with E-state index in [1.165, 1.54) is 0 Å². The van der Waals surface area contributed by atoms with Crippen LogP contribution in [0.4, 0.5) is 0 Å². The first-order chi connectivity index (χ1) is 12.3. The second-order valence-corrected chi connectivity index (χ2v) is 5.64. The average molecular weight is 336 g/mol. The molecule has 1 amide bonds. The van der Waals surface area contributed by atoms with Gasteiger partial charge in [-0.3, -0.25) is 4.79 Å². The summed E-state index contributed by atoms with van der Waals surface area (Å²) in [6, 6.07) is 19.3. The van der Waals surface area contributed by atoms with E-state index in [-0.39, 0.29) is 12.3 Å². The van der Waals surface area contributed by atoms with Crippen molar-refractivity contribution in [3.63, 3.8) is 0 Å². The number of aromatic nitrogens is 1. The molecule has 0 unspecified atom stereocenters. The van der Waals surface area contributed by atoms with E-state index >= 15 is 0 Å². The molecule has 2 aromatic carbocycles. The van der Waals surface area contributed by atoms with Gasteiger partial charge in [0.25, 0.3) is 0 Å². The molecule has 0 aliphatic rings. The number of para-hydroxylation sites is 1. The Morgan fingerprint density at radius 3 is 2.68 bits per heavy atom. The molecule has 0 saturated heterocycles. The van der Waals surface area contributed by atoms with Crippen molar-refractivity contribution < 1.29 is 14.1 Å². The van der Waals surface area contributed by atoms with Gasteiger partial charge in [0, 0.05) is 18.2 Å². The van der Waals surface area contributed by atoms with Crippen LogP contribution in [0.2, 0.25) is 0 Å². The highest BCUT2D eigenvalue weighted by molar-refractivity contribution is 5.78. The molecule has 1 aromatic heterocycles. The number of rotatable bonds is 7. The summed E-state index contributed by atoms with van der Waals surface area (Å²) >= 11 is 0. The topological polar surface area (TPSA) is 64.4 Å². The summed E-state index contributed by atoms with van der Waals surface area (Å²) in [5, 5.41) is 6.87. The highest BCUT2D eigenvalue weighted by atomic mass is 16.5.